The molecule has 0 aliphatic rings. The number of benzene rings is 4. The number of aryl methyl sites for hydroxylation is 1. The summed E-state index contributed by atoms with van der Waals surface area (Å²) in [6, 6.07) is 32.3. The molecule has 0 spiro atoms. The maximum atomic E-state index is 9.80. The Morgan fingerprint density at radius 2 is 1.13 bits per heavy atom. The molecule has 4 rings (SSSR count). The molecule has 4 aromatic rings. The van der Waals surface area contributed by atoms with Crippen molar-refractivity contribution < 1.29 is 22.6 Å². The molecule has 156 valence electrons. The van der Waals surface area contributed by atoms with Gasteiger partial charge in [-0.05, 0) is 79.2 Å². The fraction of sp³-hybridized carbons (Fsp3) is 0.0385. The molecule has 0 unspecified atom stereocenters. The summed E-state index contributed by atoms with van der Waals surface area (Å²) in [6.45, 7) is 2.07. The minimum absolute atomic E-state index is 0. The average molecular weight is 431 g/mol. The Kier molecular flexibility index (Phi) is 6.96. The number of phenolic OH excluding ortho intramolecular Hbond substituents is 2. The van der Waals surface area contributed by atoms with E-state index in [1.165, 1.54) is 0 Å². The second-order valence-electron chi connectivity index (χ2n) is 7.02. The maximum absolute atomic E-state index is 9.80. The number of halogens is 1. The average Bonchev–Trinajstić information content (AvgIpc) is 2.77. The second kappa shape index (κ2) is 9.83. The van der Waals surface area contributed by atoms with E-state index in [9.17, 15) is 10.2 Å². The van der Waals surface area contributed by atoms with Gasteiger partial charge in [-0.3, -0.25) is 0 Å². The monoisotopic (exact) mass is 430 g/mol. The molecule has 0 fully saturated rings. The maximum Gasteiger partial charge on any atom is 0.292 e. The minimum Gasteiger partial charge on any atom is -1.00 e. The van der Waals surface area contributed by atoms with Crippen molar-refractivity contribution in [2.75, 3.05) is 5.32 Å². The number of aromatic hydroxyl groups is 2. The van der Waals surface area contributed by atoms with Crippen molar-refractivity contribution in [3.63, 3.8) is 0 Å². The van der Waals surface area contributed by atoms with Gasteiger partial charge < -0.3 is 22.6 Å². The SMILES string of the molecule is Cc1ccccc1NC(c1ccccc1)=[N+](c1ccc(O)cc1)c1ccc(O)cc1.[Cl-]. The number of nitrogens with one attached hydrogen (secondary N) is 1. The van der Waals surface area contributed by atoms with Crippen LogP contribution in [0, 0.1) is 6.92 Å². The Morgan fingerprint density at radius 3 is 1.65 bits per heavy atom. The molecule has 3 N–H and O–H groups in total. The van der Waals surface area contributed by atoms with E-state index in [1.54, 1.807) is 24.3 Å². The van der Waals surface area contributed by atoms with Crippen LogP contribution in [-0.4, -0.2) is 16.0 Å². The Balaban J connectivity index is 0.00000272. The zero-order valence-electron chi connectivity index (χ0n) is 17.0. The predicted molar refractivity (Wildman–Crippen MR) is 123 cm³/mol. The summed E-state index contributed by atoms with van der Waals surface area (Å²) >= 11 is 0. The summed E-state index contributed by atoms with van der Waals surface area (Å²) in [4.78, 5) is 0. The molecule has 4 nitrogen and oxygen atoms in total. The van der Waals surface area contributed by atoms with Crippen LogP contribution in [-0.2, 0) is 0 Å². The summed E-state index contributed by atoms with van der Waals surface area (Å²) in [7, 11) is 0. The predicted octanol–water partition coefficient (Wildman–Crippen LogP) is 2.80. The van der Waals surface area contributed by atoms with E-state index in [0.29, 0.717) is 0 Å². The van der Waals surface area contributed by atoms with Gasteiger partial charge in [0.15, 0.2) is 0 Å². The van der Waals surface area contributed by atoms with Gasteiger partial charge in [0.05, 0.1) is 5.56 Å². The largest absolute Gasteiger partial charge is 1.00 e. The zero-order chi connectivity index (χ0) is 20.9. The standard InChI is InChI=1S/C26H22N2O2.ClH/c1-19-7-5-6-10-25(19)27-26(20-8-3-2-4-9-20)28(21-11-15-23(29)16-12-21)22-13-17-24(30)18-14-22;/h2-18,29-30H,1H3;1H. The third kappa shape index (κ3) is 5.05. The number of hydrogen-bond donors (Lipinski definition) is 3. The normalized spacial score (nSPS) is 10.1. The Bertz CT molecular complexity index is 1120. The third-order valence-electron chi connectivity index (χ3n) is 4.88. The number of hydrogen-bond acceptors (Lipinski definition) is 2. The van der Waals surface area contributed by atoms with Crippen LogP contribution < -0.4 is 22.3 Å². The Labute approximate surface area is 188 Å². The van der Waals surface area contributed by atoms with Crippen LogP contribution in [0.25, 0.3) is 0 Å². The fourth-order valence-corrected chi connectivity index (χ4v) is 3.30. The number of anilines is 1. The highest BCUT2D eigenvalue weighted by atomic mass is 35.5. The summed E-state index contributed by atoms with van der Waals surface area (Å²) in [5, 5.41) is 23.2. The highest BCUT2D eigenvalue weighted by molar-refractivity contribution is 6.11. The highest BCUT2D eigenvalue weighted by Crippen LogP contribution is 2.27. The number of rotatable bonds is 4. The molecule has 0 saturated heterocycles. The molecular weight excluding hydrogens is 408 g/mol. The van der Waals surface area contributed by atoms with Crippen LogP contribution in [0.2, 0.25) is 0 Å². The smallest absolute Gasteiger partial charge is 0.292 e. The second-order valence-corrected chi connectivity index (χ2v) is 7.02. The molecule has 0 aromatic heterocycles. The number of nitrogens with zero attached hydrogens (tertiary/aromatic N) is 1. The van der Waals surface area contributed by atoms with Gasteiger partial charge in [-0.25, -0.2) is 5.32 Å². The summed E-state index contributed by atoms with van der Waals surface area (Å²) in [5.41, 5.74) is 4.87. The molecule has 31 heavy (non-hydrogen) atoms. The molecule has 0 aliphatic carbocycles. The molecular formula is C26H23ClN2O2. The van der Waals surface area contributed by atoms with Crippen molar-refractivity contribution in [2.45, 2.75) is 6.92 Å². The van der Waals surface area contributed by atoms with Crippen molar-refractivity contribution in [3.8, 4) is 11.5 Å². The molecule has 0 atom stereocenters. The van der Waals surface area contributed by atoms with E-state index in [-0.39, 0.29) is 23.9 Å². The van der Waals surface area contributed by atoms with Crippen LogP contribution in [0.5, 0.6) is 11.5 Å². The fourth-order valence-electron chi connectivity index (χ4n) is 3.30. The molecule has 0 aliphatic heterocycles. The molecule has 0 radical (unpaired) electrons. The van der Waals surface area contributed by atoms with E-state index in [2.05, 4.69) is 35.0 Å². The minimum atomic E-state index is 0. The number of phenols is 2. The molecule has 0 amide bonds. The van der Waals surface area contributed by atoms with Gasteiger partial charge in [0, 0.05) is 0 Å². The van der Waals surface area contributed by atoms with E-state index >= 15 is 0 Å². The third-order valence-corrected chi connectivity index (χ3v) is 4.88. The van der Waals surface area contributed by atoms with E-state index in [0.717, 1.165) is 34.0 Å². The van der Waals surface area contributed by atoms with Gasteiger partial charge in [-0.1, -0.05) is 36.4 Å². The van der Waals surface area contributed by atoms with Gasteiger partial charge in [0.25, 0.3) is 5.84 Å². The quantitative estimate of drug-likeness (QED) is 0.265. The first-order valence-corrected chi connectivity index (χ1v) is 9.75. The van der Waals surface area contributed by atoms with Crippen molar-refractivity contribution in [1.29, 1.82) is 0 Å². The molecule has 0 saturated carbocycles. The molecule has 0 bridgehead atoms. The molecule has 4 aromatic carbocycles. The van der Waals surface area contributed by atoms with Crippen LogP contribution in [0.4, 0.5) is 17.1 Å². The lowest BCUT2D eigenvalue weighted by Gasteiger charge is -2.14. The lowest BCUT2D eigenvalue weighted by atomic mass is 10.1. The van der Waals surface area contributed by atoms with Crippen molar-refractivity contribution >= 4 is 22.9 Å². The van der Waals surface area contributed by atoms with Gasteiger partial charge >= 0.3 is 0 Å². The topological polar surface area (TPSA) is 55.5 Å². The van der Waals surface area contributed by atoms with Crippen molar-refractivity contribution in [3.05, 3.63) is 114 Å². The lowest BCUT2D eigenvalue weighted by Crippen LogP contribution is -3.00. The summed E-state index contributed by atoms with van der Waals surface area (Å²) < 4.78 is 2.07. The Hall–Kier alpha value is -3.76. The highest BCUT2D eigenvalue weighted by Gasteiger charge is 2.22. The van der Waals surface area contributed by atoms with E-state index < -0.39 is 0 Å². The van der Waals surface area contributed by atoms with E-state index in [1.807, 2.05) is 60.7 Å². The first-order valence-electron chi connectivity index (χ1n) is 9.75. The first kappa shape index (κ1) is 21.9. The van der Waals surface area contributed by atoms with Gasteiger partial charge in [0.2, 0.25) is 0 Å². The van der Waals surface area contributed by atoms with Crippen LogP contribution >= 0.6 is 0 Å². The number of amidine groups is 1. The van der Waals surface area contributed by atoms with Crippen LogP contribution in [0.1, 0.15) is 11.1 Å². The van der Waals surface area contributed by atoms with Crippen molar-refractivity contribution in [1.82, 2.24) is 4.58 Å². The Morgan fingerprint density at radius 1 is 0.645 bits per heavy atom. The molecule has 5 heteroatoms. The van der Waals surface area contributed by atoms with E-state index in [4.69, 9.17) is 0 Å². The summed E-state index contributed by atoms with van der Waals surface area (Å²) in [5.74, 6) is 1.27. The lowest BCUT2D eigenvalue weighted by molar-refractivity contribution is -0.00000803. The van der Waals surface area contributed by atoms with Crippen LogP contribution in [0.3, 0.4) is 0 Å². The molecule has 0 heterocycles. The summed E-state index contributed by atoms with van der Waals surface area (Å²) in [6.07, 6.45) is 0. The first-order chi connectivity index (χ1) is 14.6. The van der Waals surface area contributed by atoms with Gasteiger partial charge in [-0.2, -0.15) is 4.58 Å². The van der Waals surface area contributed by atoms with Crippen molar-refractivity contribution in [2.24, 2.45) is 0 Å². The van der Waals surface area contributed by atoms with Gasteiger partial charge in [0.1, 0.15) is 28.6 Å². The van der Waals surface area contributed by atoms with Gasteiger partial charge in [-0.15, -0.1) is 0 Å². The van der Waals surface area contributed by atoms with Crippen LogP contribution in [0.15, 0.2) is 103 Å². The number of para-hydroxylation sites is 1. The zero-order valence-corrected chi connectivity index (χ0v) is 17.8.